The number of nitrogens with one attached hydrogen (secondary N) is 1. The first-order valence-corrected chi connectivity index (χ1v) is 14.2. The van der Waals surface area contributed by atoms with Crippen LogP contribution in [0.25, 0.3) is 33.2 Å². The Labute approximate surface area is 247 Å². The summed E-state index contributed by atoms with van der Waals surface area (Å²) in [6.07, 6.45) is -1.15. The van der Waals surface area contributed by atoms with Gasteiger partial charge < -0.3 is 23.9 Å². The van der Waals surface area contributed by atoms with Crippen molar-refractivity contribution in [1.29, 1.82) is 0 Å². The minimum atomic E-state index is -4.59. The van der Waals surface area contributed by atoms with Gasteiger partial charge in [0, 0.05) is 37.1 Å². The van der Waals surface area contributed by atoms with Gasteiger partial charge in [-0.2, -0.15) is 13.2 Å². The van der Waals surface area contributed by atoms with E-state index in [1.807, 2.05) is 30.3 Å². The molecule has 9 nitrogen and oxygen atoms in total. The monoisotopic (exact) mass is 593 g/mol. The molecule has 1 saturated heterocycles. The van der Waals surface area contributed by atoms with E-state index in [4.69, 9.17) is 14.5 Å². The van der Waals surface area contributed by atoms with Crippen molar-refractivity contribution in [1.82, 2.24) is 34.3 Å². The third kappa shape index (κ3) is 5.64. The highest BCUT2D eigenvalue weighted by atomic mass is 19.4. The van der Waals surface area contributed by atoms with Crippen LogP contribution in [0.2, 0.25) is 0 Å². The number of methoxy groups -OCH3 is 2. The summed E-state index contributed by atoms with van der Waals surface area (Å²) in [5.74, 6) is 0.813. The molecule has 0 saturated carbocycles. The molecule has 0 unspecified atom stereocenters. The summed E-state index contributed by atoms with van der Waals surface area (Å²) in [4.78, 5) is 21.3. The minimum Gasteiger partial charge on any atom is -0.497 e. The summed E-state index contributed by atoms with van der Waals surface area (Å²) in [6, 6.07) is 14.8. The molecule has 43 heavy (non-hydrogen) atoms. The van der Waals surface area contributed by atoms with Gasteiger partial charge in [-0.15, -0.1) is 0 Å². The van der Waals surface area contributed by atoms with Crippen molar-refractivity contribution in [2.24, 2.45) is 0 Å². The fourth-order valence-corrected chi connectivity index (χ4v) is 6.01. The molecule has 1 aliphatic rings. The Kier molecular flexibility index (Phi) is 7.74. The van der Waals surface area contributed by atoms with E-state index in [0.717, 1.165) is 40.8 Å². The van der Waals surface area contributed by atoms with Crippen LogP contribution >= 0.6 is 0 Å². The molecule has 0 spiro atoms. The highest BCUT2D eigenvalue weighted by molar-refractivity contribution is 5.85. The van der Waals surface area contributed by atoms with Crippen molar-refractivity contribution in [3.63, 3.8) is 0 Å². The molecule has 0 amide bonds. The Hall–Kier alpha value is -4.16. The lowest BCUT2D eigenvalue weighted by Crippen LogP contribution is -2.45. The number of hydrogen-bond acceptors (Lipinski definition) is 7. The zero-order chi connectivity index (χ0) is 30.3. The number of pyridine rings is 1. The van der Waals surface area contributed by atoms with Crippen LogP contribution in [0.3, 0.4) is 0 Å². The maximum Gasteiger partial charge on any atom is 0.449 e. The van der Waals surface area contributed by atoms with E-state index in [1.165, 1.54) is 11.7 Å². The Morgan fingerprint density at radius 3 is 2.56 bits per heavy atom. The number of alkyl halides is 3. The Morgan fingerprint density at radius 1 is 1.00 bits per heavy atom. The number of rotatable bonds is 8. The maximum atomic E-state index is 14.1. The van der Waals surface area contributed by atoms with Crippen LogP contribution in [0.4, 0.5) is 13.2 Å². The van der Waals surface area contributed by atoms with Gasteiger partial charge in [0.15, 0.2) is 0 Å². The lowest BCUT2D eigenvalue weighted by atomic mass is 9.95. The van der Waals surface area contributed by atoms with Crippen molar-refractivity contribution in [2.45, 2.75) is 37.6 Å². The lowest BCUT2D eigenvalue weighted by molar-refractivity contribution is -0.147. The normalized spacial score (nSPS) is 18.1. The van der Waals surface area contributed by atoms with Crippen molar-refractivity contribution < 1.29 is 22.6 Å². The SMILES string of the molecule is COc1ccc2nc(C(F)(F)F)n(CCN3CC[C@H](N(C)C)C[C@H]3c3ncc(-c4cc5ccccc5nc4OC)[nH]3)c2c1. The molecule has 2 aromatic carbocycles. The summed E-state index contributed by atoms with van der Waals surface area (Å²) in [7, 11) is 7.19. The van der Waals surface area contributed by atoms with E-state index < -0.39 is 12.0 Å². The summed E-state index contributed by atoms with van der Waals surface area (Å²) in [6.45, 7) is 1.20. The predicted molar refractivity (Wildman–Crippen MR) is 158 cm³/mol. The average molecular weight is 594 g/mol. The van der Waals surface area contributed by atoms with E-state index in [2.05, 4.69) is 38.8 Å². The maximum absolute atomic E-state index is 14.1. The molecule has 4 heterocycles. The number of aromatic amines is 1. The van der Waals surface area contributed by atoms with Crippen LogP contribution in [0.15, 0.2) is 54.7 Å². The number of piperidine rings is 1. The van der Waals surface area contributed by atoms with Gasteiger partial charge in [-0.25, -0.2) is 15.0 Å². The van der Waals surface area contributed by atoms with E-state index in [-0.39, 0.29) is 18.1 Å². The number of likely N-dealkylation sites (tertiary alicyclic amines) is 1. The largest absolute Gasteiger partial charge is 0.497 e. The molecular formula is C31H34F3N7O2. The molecule has 226 valence electrons. The standard InChI is InChI=1S/C31H34F3N7O2/c1-39(2)20-11-12-40(13-14-41-26-17-21(42-3)9-10-24(26)38-30(41)31(32,33)34)27(16-20)28-35-18-25(36-28)22-15-19-7-5-6-8-23(19)37-29(22)43-4/h5-10,15,17-18,20,27H,11-14,16H2,1-4H3,(H,35,36)/t20-,27-/m0/s1. The molecule has 5 aromatic rings. The second-order valence-corrected chi connectivity index (χ2v) is 11.1. The number of ether oxygens (including phenoxy) is 2. The first-order valence-electron chi connectivity index (χ1n) is 14.2. The van der Waals surface area contributed by atoms with Gasteiger partial charge in [-0.3, -0.25) is 4.90 Å². The van der Waals surface area contributed by atoms with Crippen LogP contribution < -0.4 is 9.47 Å². The number of halogens is 3. The lowest BCUT2D eigenvalue weighted by Gasteiger charge is -2.41. The highest BCUT2D eigenvalue weighted by Gasteiger charge is 2.38. The molecule has 3 aromatic heterocycles. The molecule has 1 fully saturated rings. The van der Waals surface area contributed by atoms with Crippen molar-refractivity contribution in [3.05, 3.63) is 66.4 Å². The Morgan fingerprint density at radius 2 is 1.81 bits per heavy atom. The number of benzene rings is 2. The van der Waals surface area contributed by atoms with Gasteiger partial charge in [0.1, 0.15) is 11.6 Å². The third-order valence-electron chi connectivity index (χ3n) is 8.32. The first kappa shape index (κ1) is 28.9. The van der Waals surface area contributed by atoms with Crippen LogP contribution in [0, 0.1) is 0 Å². The van der Waals surface area contributed by atoms with Gasteiger partial charge in [-0.05, 0) is 51.2 Å². The van der Waals surface area contributed by atoms with Crippen LogP contribution in [-0.4, -0.2) is 81.7 Å². The molecule has 0 bridgehead atoms. The zero-order valence-corrected chi connectivity index (χ0v) is 24.5. The second-order valence-electron chi connectivity index (χ2n) is 11.1. The zero-order valence-electron chi connectivity index (χ0n) is 24.5. The molecule has 2 atom stereocenters. The van der Waals surface area contributed by atoms with Crippen LogP contribution in [0.1, 0.15) is 30.5 Å². The van der Waals surface area contributed by atoms with E-state index in [0.29, 0.717) is 36.3 Å². The number of H-pyrrole nitrogens is 1. The number of imidazole rings is 2. The number of hydrogen-bond donors (Lipinski definition) is 1. The smallest absolute Gasteiger partial charge is 0.449 e. The molecule has 6 rings (SSSR count). The second kappa shape index (κ2) is 11.5. The van der Waals surface area contributed by atoms with Gasteiger partial charge in [0.05, 0.1) is 54.3 Å². The first-order chi connectivity index (χ1) is 20.7. The van der Waals surface area contributed by atoms with Gasteiger partial charge in [-0.1, -0.05) is 18.2 Å². The molecule has 0 radical (unpaired) electrons. The summed E-state index contributed by atoms with van der Waals surface area (Å²) >= 11 is 0. The van der Waals surface area contributed by atoms with Gasteiger partial charge in [0.25, 0.3) is 0 Å². The number of aromatic nitrogens is 5. The molecular weight excluding hydrogens is 559 g/mol. The third-order valence-corrected chi connectivity index (χ3v) is 8.32. The van der Waals surface area contributed by atoms with E-state index in [1.54, 1.807) is 31.5 Å². The summed E-state index contributed by atoms with van der Waals surface area (Å²) < 4.78 is 54.4. The summed E-state index contributed by atoms with van der Waals surface area (Å²) in [5.41, 5.74) is 3.06. The van der Waals surface area contributed by atoms with Crippen LogP contribution in [0.5, 0.6) is 11.6 Å². The molecule has 0 aliphatic carbocycles. The fraction of sp³-hybridized carbons (Fsp3) is 0.387. The van der Waals surface area contributed by atoms with Gasteiger partial charge >= 0.3 is 6.18 Å². The Bertz CT molecular complexity index is 1750. The summed E-state index contributed by atoms with van der Waals surface area (Å²) in [5, 5.41) is 0.978. The Balaban J connectivity index is 1.33. The highest BCUT2D eigenvalue weighted by Crippen LogP contribution is 2.36. The van der Waals surface area contributed by atoms with Crippen molar-refractivity contribution in [3.8, 4) is 22.9 Å². The number of para-hydroxylation sites is 1. The average Bonchev–Trinajstić information content (AvgIpc) is 3.64. The van der Waals surface area contributed by atoms with Gasteiger partial charge in [0.2, 0.25) is 11.7 Å². The molecule has 12 heteroatoms. The van der Waals surface area contributed by atoms with Crippen molar-refractivity contribution >= 4 is 21.9 Å². The van der Waals surface area contributed by atoms with E-state index in [9.17, 15) is 13.2 Å². The van der Waals surface area contributed by atoms with Crippen LogP contribution in [-0.2, 0) is 12.7 Å². The van der Waals surface area contributed by atoms with E-state index >= 15 is 0 Å². The predicted octanol–water partition coefficient (Wildman–Crippen LogP) is 5.78. The molecule has 1 aliphatic heterocycles. The van der Waals surface area contributed by atoms with Crippen molar-refractivity contribution in [2.75, 3.05) is 41.4 Å². The fourth-order valence-electron chi connectivity index (χ4n) is 6.01. The quantitative estimate of drug-likeness (QED) is 0.244. The molecule has 1 N–H and O–H groups in total. The number of nitrogens with zero attached hydrogens (tertiary/aromatic N) is 6. The number of fused-ring (bicyclic) bond motifs is 2. The minimum absolute atomic E-state index is 0.109. The topological polar surface area (TPSA) is 84.3 Å².